The summed E-state index contributed by atoms with van der Waals surface area (Å²) < 4.78 is 44.0. The quantitative estimate of drug-likeness (QED) is 0.925. The minimum absolute atomic E-state index is 0.162. The molecule has 1 aliphatic rings. The number of benzene rings is 1. The van der Waals surface area contributed by atoms with Crippen molar-refractivity contribution in [1.82, 2.24) is 0 Å². The minimum Gasteiger partial charge on any atom is -0.379 e. The number of carbonyl (C=O) groups excluding carboxylic acids is 1. The van der Waals surface area contributed by atoms with Gasteiger partial charge in [0.2, 0.25) is 5.91 Å². The predicted octanol–water partition coefficient (Wildman–Crippen LogP) is 3.38. The zero-order valence-corrected chi connectivity index (χ0v) is 11.3. The highest BCUT2D eigenvalue weighted by atomic mass is 19.4. The summed E-state index contributed by atoms with van der Waals surface area (Å²) in [6.45, 7) is 3.87. The van der Waals surface area contributed by atoms with Crippen molar-refractivity contribution in [3.05, 3.63) is 29.3 Å². The van der Waals surface area contributed by atoms with Crippen LogP contribution in [-0.2, 0) is 15.7 Å². The molecule has 1 saturated heterocycles. The first-order valence-electron chi connectivity index (χ1n) is 6.36. The lowest BCUT2D eigenvalue weighted by Gasteiger charge is -2.39. The summed E-state index contributed by atoms with van der Waals surface area (Å²) in [5.74, 6) is -0.411. The summed E-state index contributed by atoms with van der Waals surface area (Å²) in [7, 11) is 0. The van der Waals surface area contributed by atoms with Crippen LogP contribution in [0, 0.1) is 12.3 Å². The first kappa shape index (κ1) is 14.8. The minimum atomic E-state index is -4.50. The number of carbonyl (C=O) groups is 1. The molecule has 0 unspecified atom stereocenters. The van der Waals surface area contributed by atoms with Crippen LogP contribution in [0.1, 0.15) is 24.5 Å². The predicted molar refractivity (Wildman–Crippen MR) is 68.4 cm³/mol. The Bertz CT molecular complexity index is 516. The summed E-state index contributed by atoms with van der Waals surface area (Å²) in [5.41, 5.74) is -1.30. The molecular weight excluding hydrogens is 271 g/mol. The van der Waals surface area contributed by atoms with Gasteiger partial charge in [-0.15, -0.1) is 0 Å². The Kier molecular flexibility index (Phi) is 3.77. The van der Waals surface area contributed by atoms with Gasteiger partial charge in [-0.25, -0.2) is 0 Å². The smallest absolute Gasteiger partial charge is 0.379 e. The highest BCUT2D eigenvalue weighted by molar-refractivity contribution is 5.97. The maximum atomic E-state index is 13.0. The van der Waals surface area contributed by atoms with Gasteiger partial charge in [-0.05, 0) is 25.0 Å². The molecular formula is C14H16F3NO2. The van der Waals surface area contributed by atoms with E-state index in [1.54, 1.807) is 13.0 Å². The third-order valence-corrected chi connectivity index (χ3v) is 3.73. The van der Waals surface area contributed by atoms with E-state index in [0.717, 1.165) is 6.07 Å². The third kappa shape index (κ3) is 2.52. The third-order valence-electron chi connectivity index (χ3n) is 3.73. The molecule has 0 saturated carbocycles. The number of aryl methyl sites for hydroxylation is 1. The second-order valence-electron chi connectivity index (χ2n) is 5.08. The largest absolute Gasteiger partial charge is 0.418 e. The Hall–Kier alpha value is -1.56. The van der Waals surface area contributed by atoms with Crippen LogP contribution >= 0.6 is 0 Å². The second-order valence-corrected chi connectivity index (χ2v) is 5.08. The molecule has 6 heteroatoms. The van der Waals surface area contributed by atoms with Crippen molar-refractivity contribution in [2.24, 2.45) is 5.41 Å². The summed E-state index contributed by atoms with van der Waals surface area (Å²) >= 11 is 0. The number of halogens is 3. The van der Waals surface area contributed by atoms with Crippen LogP contribution in [-0.4, -0.2) is 19.1 Å². The average molecular weight is 287 g/mol. The topological polar surface area (TPSA) is 38.3 Å². The second kappa shape index (κ2) is 5.09. The molecule has 110 valence electrons. The van der Waals surface area contributed by atoms with Crippen LogP contribution in [0.4, 0.5) is 18.9 Å². The molecule has 1 aromatic carbocycles. The molecule has 20 heavy (non-hydrogen) atoms. The van der Waals surface area contributed by atoms with Gasteiger partial charge in [-0.2, -0.15) is 13.2 Å². The van der Waals surface area contributed by atoms with Gasteiger partial charge in [0.25, 0.3) is 0 Å². The van der Waals surface area contributed by atoms with Gasteiger partial charge in [0.05, 0.1) is 29.9 Å². The average Bonchev–Trinajstić information content (AvgIpc) is 2.29. The molecule has 1 aromatic rings. The fourth-order valence-corrected chi connectivity index (χ4v) is 2.16. The van der Waals surface area contributed by atoms with Gasteiger partial charge < -0.3 is 10.1 Å². The van der Waals surface area contributed by atoms with Crippen LogP contribution in [0.5, 0.6) is 0 Å². The van der Waals surface area contributed by atoms with E-state index in [9.17, 15) is 18.0 Å². The molecule has 3 nitrogen and oxygen atoms in total. The van der Waals surface area contributed by atoms with E-state index in [4.69, 9.17) is 4.74 Å². The van der Waals surface area contributed by atoms with Crippen molar-refractivity contribution in [2.75, 3.05) is 18.5 Å². The Morgan fingerprint density at radius 1 is 1.40 bits per heavy atom. The lowest BCUT2D eigenvalue weighted by Crippen LogP contribution is -2.51. The molecule has 0 aromatic heterocycles. The zero-order chi connectivity index (χ0) is 15.0. The molecule has 0 radical (unpaired) electrons. The van der Waals surface area contributed by atoms with Crippen LogP contribution < -0.4 is 5.32 Å². The van der Waals surface area contributed by atoms with Crippen molar-refractivity contribution < 1.29 is 22.7 Å². The maximum absolute atomic E-state index is 13.0. The van der Waals surface area contributed by atoms with Crippen molar-refractivity contribution in [3.8, 4) is 0 Å². The van der Waals surface area contributed by atoms with Gasteiger partial charge in [-0.1, -0.05) is 19.1 Å². The molecule has 2 rings (SSSR count). The maximum Gasteiger partial charge on any atom is 0.418 e. The number of rotatable bonds is 3. The normalized spacial score (nSPS) is 17.4. The molecule has 1 aliphatic heterocycles. The number of anilines is 1. The number of para-hydroxylation sites is 1. The van der Waals surface area contributed by atoms with E-state index < -0.39 is 23.1 Å². The first-order valence-corrected chi connectivity index (χ1v) is 6.36. The molecule has 1 heterocycles. The van der Waals surface area contributed by atoms with E-state index >= 15 is 0 Å². The van der Waals surface area contributed by atoms with Gasteiger partial charge in [-0.3, -0.25) is 4.79 Å². The molecule has 1 N–H and O–H groups in total. The Morgan fingerprint density at radius 3 is 2.50 bits per heavy atom. The fraction of sp³-hybridized carbons (Fsp3) is 0.500. The number of amides is 1. The van der Waals surface area contributed by atoms with Gasteiger partial charge in [0.1, 0.15) is 0 Å². The fourth-order valence-electron chi connectivity index (χ4n) is 2.16. The van der Waals surface area contributed by atoms with E-state index in [0.29, 0.717) is 12.0 Å². The highest BCUT2D eigenvalue weighted by Gasteiger charge is 2.45. The van der Waals surface area contributed by atoms with Crippen LogP contribution in [0.25, 0.3) is 0 Å². The first-order chi connectivity index (χ1) is 9.30. The SMILES string of the molecule is CCC1(C(=O)Nc2c(C)cccc2C(F)(F)F)COC1. The lowest BCUT2D eigenvalue weighted by atomic mass is 9.82. The monoisotopic (exact) mass is 287 g/mol. The molecule has 0 aliphatic carbocycles. The Labute approximate surface area is 115 Å². The van der Waals surface area contributed by atoms with Crippen LogP contribution in [0.3, 0.4) is 0 Å². The summed E-state index contributed by atoms with van der Waals surface area (Å²) in [6, 6.07) is 3.84. The van der Waals surface area contributed by atoms with Crippen LogP contribution in [0.2, 0.25) is 0 Å². The standard InChI is InChI=1S/C14H16F3NO2/c1-3-13(7-20-8-13)12(19)18-11-9(2)5-4-6-10(11)14(15,16)17/h4-6H,3,7-8H2,1-2H3,(H,18,19). The van der Waals surface area contributed by atoms with Gasteiger partial charge >= 0.3 is 6.18 Å². The van der Waals surface area contributed by atoms with E-state index in [-0.39, 0.29) is 18.9 Å². The van der Waals surface area contributed by atoms with Crippen molar-refractivity contribution >= 4 is 11.6 Å². The summed E-state index contributed by atoms with van der Waals surface area (Å²) in [4.78, 5) is 12.2. The highest BCUT2D eigenvalue weighted by Crippen LogP contribution is 2.38. The number of ether oxygens (including phenoxy) is 1. The molecule has 1 fully saturated rings. The zero-order valence-electron chi connectivity index (χ0n) is 11.3. The summed E-state index contributed by atoms with van der Waals surface area (Å²) in [5, 5.41) is 2.44. The Balaban J connectivity index is 2.32. The number of alkyl halides is 3. The van der Waals surface area contributed by atoms with Gasteiger partial charge in [0.15, 0.2) is 0 Å². The lowest BCUT2D eigenvalue weighted by molar-refractivity contribution is -0.156. The van der Waals surface area contributed by atoms with Gasteiger partial charge in [0, 0.05) is 0 Å². The molecule has 0 atom stereocenters. The van der Waals surface area contributed by atoms with E-state index in [1.165, 1.54) is 6.07 Å². The molecule has 0 spiro atoms. The van der Waals surface area contributed by atoms with Crippen LogP contribution in [0.15, 0.2) is 18.2 Å². The Morgan fingerprint density at radius 2 is 2.05 bits per heavy atom. The number of nitrogens with one attached hydrogen (secondary N) is 1. The number of hydrogen-bond acceptors (Lipinski definition) is 2. The van der Waals surface area contributed by atoms with Crippen molar-refractivity contribution in [1.29, 1.82) is 0 Å². The van der Waals surface area contributed by atoms with E-state index in [1.807, 2.05) is 6.92 Å². The molecule has 0 bridgehead atoms. The molecule has 1 amide bonds. The summed E-state index contributed by atoms with van der Waals surface area (Å²) in [6.07, 6.45) is -3.96. The van der Waals surface area contributed by atoms with Crippen molar-refractivity contribution in [3.63, 3.8) is 0 Å². The van der Waals surface area contributed by atoms with E-state index in [2.05, 4.69) is 5.32 Å². The van der Waals surface area contributed by atoms with Crippen molar-refractivity contribution in [2.45, 2.75) is 26.4 Å². The number of hydrogen-bond donors (Lipinski definition) is 1.